The average molecular weight is 204 g/mol. The van der Waals surface area contributed by atoms with Gasteiger partial charge in [0.25, 0.3) is 0 Å². The lowest BCUT2D eigenvalue weighted by atomic mass is 10.0. The Bertz CT molecular complexity index is 331. The summed E-state index contributed by atoms with van der Waals surface area (Å²) in [6, 6.07) is 11.5. The third-order valence-corrected chi connectivity index (χ3v) is 2.61. The molecule has 1 N–H and O–H groups in total. The molecule has 0 amide bonds. The zero-order valence-electron chi connectivity index (χ0n) is 9.09. The molecule has 2 atom stereocenters. The van der Waals surface area contributed by atoms with Crippen molar-refractivity contribution in [3.63, 3.8) is 0 Å². The normalized spacial score (nSPS) is 14.6. The zero-order chi connectivity index (χ0) is 11.3. The maximum Gasteiger partial charge on any atom is 0.0942 e. The van der Waals surface area contributed by atoms with Gasteiger partial charge in [0.05, 0.1) is 18.7 Å². The van der Waals surface area contributed by atoms with Crippen molar-refractivity contribution < 1.29 is 5.11 Å². The lowest BCUT2D eigenvalue weighted by Crippen LogP contribution is -2.34. The fourth-order valence-electron chi connectivity index (χ4n) is 1.43. The van der Waals surface area contributed by atoms with Crippen molar-refractivity contribution in [1.29, 1.82) is 5.26 Å². The average Bonchev–Trinajstić information content (AvgIpc) is 2.28. The molecular weight excluding hydrogens is 188 g/mol. The van der Waals surface area contributed by atoms with Gasteiger partial charge < -0.3 is 5.11 Å². The zero-order valence-corrected chi connectivity index (χ0v) is 9.09. The van der Waals surface area contributed by atoms with Crippen molar-refractivity contribution in [3.05, 3.63) is 35.9 Å². The van der Waals surface area contributed by atoms with Gasteiger partial charge >= 0.3 is 0 Å². The number of hydrogen-bond acceptors (Lipinski definition) is 3. The smallest absolute Gasteiger partial charge is 0.0942 e. The van der Waals surface area contributed by atoms with E-state index in [2.05, 4.69) is 6.07 Å². The first-order valence-corrected chi connectivity index (χ1v) is 4.97. The van der Waals surface area contributed by atoms with Gasteiger partial charge in [-0.05, 0) is 19.5 Å². The SMILES string of the molecule is CC(C(O)c1ccccc1)N(C)CC#N. The predicted molar refractivity (Wildman–Crippen MR) is 59.1 cm³/mol. The summed E-state index contributed by atoms with van der Waals surface area (Å²) < 4.78 is 0. The second-order valence-electron chi connectivity index (χ2n) is 3.67. The fourth-order valence-corrected chi connectivity index (χ4v) is 1.43. The van der Waals surface area contributed by atoms with Crippen LogP contribution in [0, 0.1) is 11.3 Å². The molecule has 0 aliphatic rings. The molecule has 1 rings (SSSR count). The monoisotopic (exact) mass is 204 g/mol. The molecule has 0 saturated heterocycles. The summed E-state index contributed by atoms with van der Waals surface area (Å²) in [6.45, 7) is 2.24. The highest BCUT2D eigenvalue weighted by Crippen LogP contribution is 2.19. The number of likely N-dealkylation sites (N-methyl/N-ethyl adjacent to an activating group) is 1. The summed E-state index contributed by atoms with van der Waals surface area (Å²) in [6.07, 6.45) is -0.551. The van der Waals surface area contributed by atoms with Crippen LogP contribution in [0.2, 0.25) is 0 Å². The van der Waals surface area contributed by atoms with Gasteiger partial charge in [-0.3, -0.25) is 4.90 Å². The second kappa shape index (κ2) is 5.50. The predicted octanol–water partition coefficient (Wildman–Crippen LogP) is 1.56. The van der Waals surface area contributed by atoms with Crippen molar-refractivity contribution in [3.8, 4) is 6.07 Å². The van der Waals surface area contributed by atoms with Crippen molar-refractivity contribution in [1.82, 2.24) is 4.90 Å². The standard InChI is InChI=1S/C12H16N2O/c1-10(14(2)9-8-13)12(15)11-6-4-3-5-7-11/h3-7,10,12,15H,9H2,1-2H3. The van der Waals surface area contributed by atoms with Crippen LogP contribution in [0.25, 0.3) is 0 Å². The minimum Gasteiger partial charge on any atom is -0.387 e. The van der Waals surface area contributed by atoms with E-state index >= 15 is 0 Å². The molecular formula is C12H16N2O. The first kappa shape index (κ1) is 11.7. The molecule has 0 aromatic heterocycles. The Morgan fingerprint density at radius 3 is 2.53 bits per heavy atom. The first-order valence-electron chi connectivity index (χ1n) is 4.97. The van der Waals surface area contributed by atoms with E-state index < -0.39 is 6.10 Å². The molecule has 1 aromatic carbocycles. The van der Waals surface area contributed by atoms with Crippen LogP contribution in [-0.4, -0.2) is 29.6 Å². The topological polar surface area (TPSA) is 47.3 Å². The number of rotatable bonds is 4. The summed E-state index contributed by atoms with van der Waals surface area (Å²) in [7, 11) is 1.83. The van der Waals surface area contributed by atoms with Crippen molar-refractivity contribution in [2.75, 3.05) is 13.6 Å². The van der Waals surface area contributed by atoms with Crippen LogP contribution in [0.3, 0.4) is 0 Å². The summed E-state index contributed by atoms with van der Waals surface area (Å²) in [5.41, 5.74) is 0.884. The highest BCUT2D eigenvalue weighted by atomic mass is 16.3. The number of aliphatic hydroxyl groups is 1. The molecule has 3 nitrogen and oxygen atoms in total. The van der Waals surface area contributed by atoms with Gasteiger partial charge in [0.2, 0.25) is 0 Å². The fraction of sp³-hybridized carbons (Fsp3) is 0.417. The first-order chi connectivity index (χ1) is 7.16. The highest BCUT2D eigenvalue weighted by molar-refractivity contribution is 5.18. The van der Waals surface area contributed by atoms with E-state index in [9.17, 15) is 5.11 Å². The Labute approximate surface area is 90.6 Å². The maximum atomic E-state index is 10.0. The van der Waals surface area contributed by atoms with Crippen molar-refractivity contribution >= 4 is 0 Å². The number of aliphatic hydroxyl groups excluding tert-OH is 1. The Hall–Kier alpha value is -1.37. The van der Waals surface area contributed by atoms with Gasteiger partial charge in [0.15, 0.2) is 0 Å². The van der Waals surface area contributed by atoms with Crippen LogP contribution in [0.4, 0.5) is 0 Å². The molecule has 80 valence electrons. The van der Waals surface area contributed by atoms with Crippen LogP contribution in [0.1, 0.15) is 18.6 Å². The Balaban J connectivity index is 2.69. The minimum atomic E-state index is -0.551. The number of nitrogens with zero attached hydrogens (tertiary/aromatic N) is 2. The third kappa shape index (κ3) is 3.05. The number of hydrogen-bond donors (Lipinski definition) is 1. The molecule has 15 heavy (non-hydrogen) atoms. The molecule has 0 bridgehead atoms. The number of nitriles is 1. The van der Waals surface area contributed by atoms with E-state index in [0.29, 0.717) is 6.54 Å². The largest absolute Gasteiger partial charge is 0.387 e. The van der Waals surface area contributed by atoms with Gasteiger partial charge in [0, 0.05) is 6.04 Å². The molecule has 0 aliphatic heterocycles. The lowest BCUT2D eigenvalue weighted by molar-refractivity contribution is 0.0794. The van der Waals surface area contributed by atoms with E-state index in [1.807, 2.05) is 49.2 Å². The van der Waals surface area contributed by atoms with Gasteiger partial charge in [-0.15, -0.1) is 0 Å². The molecule has 2 unspecified atom stereocenters. The molecule has 0 aliphatic carbocycles. The Morgan fingerprint density at radius 1 is 1.40 bits per heavy atom. The molecule has 1 aromatic rings. The highest BCUT2D eigenvalue weighted by Gasteiger charge is 2.19. The summed E-state index contributed by atoms with van der Waals surface area (Å²) in [5.74, 6) is 0. The number of benzene rings is 1. The van der Waals surface area contributed by atoms with Crippen molar-refractivity contribution in [2.24, 2.45) is 0 Å². The van der Waals surface area contributed by atoms with E-state index in [1.165, 1.54) is 0 Å². The maximum absolute atomic E-state index is 10.0. The molecule has 0 saturated carbocycles. The van der Waals surface area contributed by atoms with Crippen LogP contribution >= 0.6 is 0 Å². The molecule has 0 spiro atoms. The molecule has 0 radical (unpaired) electrons. The summed E-state index contributed by atoms with van der Waals surface area (Å²) in [4.78, 5) is 1.83. The van der Waals surface area contributed by atoms with Crippen LogP contribution in [0.15, 0.2) is 30.3 Å². The van der Waals surface area contributed by atoms with Gasteiger partial charge in [-0.2, -0.15) is 5.26 Å². The van der Waals surface area contributed by atoms with Gasteiger partial charge in [-0.25, -0.2) is 0 Å². The van der Waals surface area contributed by atoms with Crippen molar-refractivity contribution in [2.45, 2.75) is 19.1 Å². The van der Waals surface area contributed by atoms with Gasteiger partial charge in [-0.1, -0.05) is 30.3 Å². The van der Waals surface area contributed by atoms with Crippen LogP contribution in [0.5, 0.6) is 0 Å². The van der Waals surface area contributed by atoms with E-state index in [1.54, 1.807) is 0 Å². The Kier molecular flexibility index (Phi) is 4.29. The van der Waals surface area contributed by atoms with E-state index in [-0.39, 0.29) is 6.04 Å². The van der Waals surface area contributed by atoms with E-state index in [0.717, 1.165) is 5.56 Å². The minimum absolute atomic E-state index is 0.0629. The third-order valence-electron chi connectivity index (χ3n) is 2.61. The molecule has 3 heteroatoms. The molecule has 0 fully saturated rings. The van der Waals surface area contributed by atoms with E-state index in [4.69, 9.17) is 5.26 Å². The quantitative estimate of drug-likeness (QED) is 0.757. The van der Waals surface area contributed by atoms with Gasteiger partial charge in [0.1, 0.15) is 0 Å². The second-order valence-corrected chi connectivity index (χ2v) is 3.67. The summed E-state index contributed by atoms with van der Waals surface area (Å²) in [5, 5.41) is 18.6. The lowest BCUT2D eigenvalue weighted by Gasteiger charge is -2.26. The van der Waals surface area contributed by atoms with Crippen LogP contribution in [-0.2, 0) is 0 Å². The Morgan fingerprint density at radius 2 is 2.00 bits per heavy atom. The molecule has 0 heterocycles. The summed E-state index contributed by atoms with van der Waals surface area (Å²) >= 11 is 0. The van der Waals surface area contributed by atoms with Crippen LogP contribution < -0.4 is 0 Å².